The van der Waals surface area contributed by atoms with Crippen molar-refractivity contribution >= 4 is 5.69 Å². The maximum atomic E-state index is 10.6. The zero-order valence-corrected chi connectivity index (χ0v) is 9.81. The molecule has 0 aromatic heterocycles. The van der Waals surface area contributed by atoms with Crippen molar-refractivity contribution < 1.29 is 4.92 Å². The van der Waals surface area contributed by atoms with Crippen molar-refractivity contribution in [2.45, 2.75) is 19.8 Å². The number of nitro benzene ring substituents is 1. The van der Waals surface area contributed by atoms with Crippen molar-refractivity contribution in [1.29, 1.82) is 0 Å². The summed E-state index contributed by atoms with van der Waals surface area (Å²) >= 11 is 0. The van der Waals surface area contributed by atoms with Crippen LogP contribution >= 0.6 is 0 Å². The molecule has 2 rings (SSSR count). The molecule has 1 aliphatic rings. The van der Waals surface area contributed by atoms with E-state index in [-0.39, 0.29) is 16.5 Å². The van der Waals surface area contributed by atoms with Crippen LogP contribution in [0.25, 0.3) is 0 Å². The van der Waals surface area contributed by atoms with E-state index in [1.165, 1.54) is 0 Å². The molecule has 4 nitrogen and oxygen atoms in total. The molecular formula is C13H14N2O2. The Bertz CT molecular complexity index is 483. The minimum atomic E-state index is -0.381. The van der Waals surface area contributed by atoms with Crippen LogP contribution in [0.3, 0.4) is 0 Å². The Morgan fingerprint density at radius 3 is 2.12 bits per heavy atom. The van der Waals surface area contributed by atoms with Gasteiger partial charge in [-0.3, -0.25) is 10.1 Å². The lowest BCUT2D eigenvalue weighted by Gasteiger charge is -2.19. The van der Waals surface area contributed by atoms with Crippen LogP contribution in [0.5, 0.6) is 0 Å². The van der Waals surface area contributed by atoms with Gasteiger partial charge in [0.25, 0.3) is 5.69 Å². The standard InChI is InChI=1S/C13H14N2O2/c1-9-7-12(8-10(2)14-9)11-3-5-13(6-4-11)15(16)17/h3-8,12,14H,1-2H3. The molecule has 1 heterocycles. The van der Waals surface area contributed by atoms with Crippen LogP contribution in [0, 0.1) is 10.1 Å². The van der Waals surface area contributed by atoms with E-state index >= 15 is 0 Å². The SMILES string of the molecule is CC1=CC(c2ccc([N+](=O)[O-])cc2)C=C(C)N1. The van der Waals surface area contributed by atoms with E-state index in [4.69, 9.17) is 0 Å². The Kier molecular flexibility index (Phi) is 2.95. The second-order valence-corrected chi connectivity index (χ2v) is 4.20. The first-order valence-corrected chi connectivity index (χ1v) is 5.44. The number of nitro groups is 1. The molecule has 0 saturated carbocycles. The molecule has 1 aliphatic heterocycles. The number of allylic oxidation sites excluding steroid dienone is 4. The molecule has 1 N–H and O–H groups in total. The predicted octanol–water partition coefficient (Wildman–Crippen LogP) is 3.09. The first kappa shape index (κ1) is 11.4. The molecule has 1 aromatic carbocycles. The summed E-state index contributed by atoms with van der Waals surface area (Å²) in [7, 11) is 0. The molecule has 0 spiro atoms. The van der Waals surface area contributed by atoms with E-state index in [9.17, 15) is 10.1 Å². The number of non-ortho nitro benzene ring substituents is 1. The summed E-state index contributed by atoms with van der Waals surface area (Å²) in [6.45, 7) is 4.02. The number of rotatable bonds is 2. The van der Waals surface area contributed by atoms with E-state index < -0.39 is 0 Å². The predicted molar refractivity (Wildman–Crippen MR) is 66.5 cm³/mol. The minimum Gasteiger partial charge on any atom is -0.363 e. The lowest BCUT2D eigenvalue weighted by molar-refractivity contribution is -0.384. The third-order valence-electron chi connectivity index (χ3n) is 2.74. The van der Waals surface area contributed by atoms with Crippen molar-refractivity contribution in [3.05, 3.63) is 63.5 Å². The molecule has 0 amide bonds. The fourth-order valence-corrected chi connectivity index (χ4v) is 1.99. The van der Waals surface area contributed by atoms with Gasteiger partial charge in [-0.05, 0) is 19.4 Å². The van der Waals surface area contributed by atoms with E-state index in [1.807, 2.05) is 26.0 Å². The van der Waals surface area contributed by atoms with Gasteiger partial charge in [0.05, 0.1) is 4.92 Å². The molecule has 0 unspecified atom stereocenters. The number of dihydropyridines is 1. The van der Waals surface area contributed by atoms with Gasteiger partial charge in [-0.15, -0.1) is 0 Å². The largest absolute Gasteiger partial charge is 0.363 e. The van der Waals surface area contributed by atoms with Gasteiger partial charge in [-0.1, -0.05) is 24.3 Å². The van der Waals surface area contributed by atoms with E-state index in [1.54, 1.807) is 12.1 Å². The fraction of sp³-hybridized carbons (Fsp3) is 0.231. The van der Waals surface area contributed by atoms with Crippen molar-refractivity contribution in [2.75, 3.05) is 0 Å². The van der Waals surface area contributed by atoms with Gasteiger partial charge in [0.2, 0.25) is 0 Å². The highest BCUT2D eigenvalue weighted by Crippen LogP contribution is 2.26. The van der Waals surface area contributed by atoms with Crippen LogP contribution in [0.4, 0.5) is 5.69 Å². The highest BCUT2D eigenvalue weighted by atomic mass is 16.6. The number of nitrogens with one attached hydrogen (secondary N) is 1. The average Bonchev–Trinajstić information content (AvgIpc) is 2.28. The Hall–Kier alpha value is -2.10. The average molecular weight is 230 g/mol. The van der Waals surface area contributed by atoms with E-state index in [2.05, 4.69) is 17.5 Å². The van der Waals surface area contributed by atoms with Crippen LogP contribution in [0.2, 0.25) is 0 Å². The zero-order chi connectivity index (χ0) is 12.4. The molecule has 4 heteroatoms. The highest BCUT2D eigenvalue weighted by molar-refractivity contribution is 5.39. The third kappa shape index (κ3) is 2.53. The van der Waals surface area contributed by atoms with Crippen LogP contribution in [-0.2, 0) is 0 Å². The van der Waals surface area contributed by atoms with Crippen molar-refractivity contribution in [1.82, 2.24) is 5.32 Å². The summed E-state index contributed by atoms with van der Waals surface area (Å²) in [5.41, 5.74) is 3.40. The van der Waals surface area contributed by atoms with Crippen LogP contribution in [0.1, 0.15) is 25.3 Å². The van der Waals surface area contributed by atoms with Gasteiger partial charge >= 0.3 is 0 Å². The highest BCUT2D eigenvalue weighted by Gasteiger charge is 2.12. The van der Waals surface area contributed by atoms with Gasteiger partial charge in [0, 0.05) is 29.4 Å². The smallest absolute Gasteiger partial charge is 0.269 e. The Morgan fingerprint density at radius 1 is 1.12 bits per heavy atom. The molecule has 88 valence electrons. The van der Waals surface area contributed by atoms with Crippen molar-refractivity contribution in [3.8, 4) is 0 Å². The first-order valence-electron chi connectivity index (χ1n) is 5.44. The molecule has 1 aromatic rings. The number of benzene rings is 1. The van der Waals surface area contributed by atoms with Gasteiger partial charge in [0.15, 0.2) is 0 Å². The van der Waals surface area contributed by atoms with Gasteiger partial charge < -0.3 is 5.32 Å². The zero-order valence-electron chi connectivity index (χ0n) is 9.81. The molecule has 0 aliphatic carbocycles. The Balaban J connectivity index is 2.28. The van der Waals surface area contributed by atoms with Gasteiger partial charge in [-0.25, -0.2) is 0 Å². The molecule has 0 fully saturated rings. The normalized spacial score (nSPS) is 15.9. The summed E-state index contributed by atoms with van der Waals surface area (Å²) in [6, 6.07) is 6.71. The summed E-state index contributed by atoms with van der Waals surface area (Å²) in [5.74, 6) is 0.192. The van der Waals surface area contributed by atoms with Crippen molar-refractivity contribution in [3.63, 3.8) is 0 Å². The second-order valence-electron chi connectivity index (χ2n) is 4.20. The number of hydrogen-bond acceptors (Lipinski definition) is 3. The summed E-state index contributed by atoms with van der Waals surface area (Å²) in [4.78, 5) is 10.2. The Labute approximate surface area is 99.8 Å². The minimum absolute atomic E-state index is 0.129. The number of hydrogen-bond donors (Lipinski definition) is 1. The first-order chi connectivity index (χ1) is 8.06. The van der Waals surface area contributed by atoms with Crippen LogP contribution in [-0.4, -0.2) is 4.92 Å². The lowest BCUT2D eigenvalue weighted by atomic mass is 9.95. The topological polar surface area (TPSA) is 55.2 Å². The molecule has 17 heavy (non-hydrogen) atoms. The van der Waals surface area contributed by atoms with Crippen LogP contribution in [0.15, 0.2) is 47.8 Å². The molecule has 0 saturated heterocycles. The Morgan fingerprint density at radius 2 is 1.65 bits per heavy atom. The maximum Gasteiger partial charge on any atom is 0.269 e. The van der Waals surface area contributed by atoms with E-state index in [0.29, 0.717) is 0 Å². The quantitative estimate of drug-likeness (QED) is 0.627. The fourth-order valence-electron chi connectivity index (χ4n) is 1.99. The second kappa shape index (κ2) is 4.41. The molecule has 0 bridgehead atoms. The lowest BCUT2D eigenvalue weighted by Crippen LogP contribution is -2.14. The van der Waals surface area contributed by atoms with Crippen molar-refractivity contribution in [2.24, 2.45) is 0 Å². The molecule has 0 radical (unpaired) electrons. The monoisotopic (exact) mass is 230 g/mol. The van der Waals surface area contributed by atoms with E-state index in [0.717, 1.165) is 17.0 Å². The third-order valence-corrected chi connectivity index (χ3v) is 2.74. The maximum absolute atomic E-state index is 10.6. The summed E-state index contributed by atoms with van der Waals surface area (Å²) in [6.07, 6.45) is 4.21. The summed E-state index contributed by atoms with van der Waals surface area (Å²) in [5, 5.41) is 13.8. The molecular weight excluding hydrogens is 216 g/mol. The number of nitrogens with zero attached hydrogens (tertiary/aromatic N) is 1. The molecule has 0 atom stereocenters. The van der Waals surface area contributed by atoms with Gasteiger partial charge in [-0.2, -0.15) is 0 Å². The van der Waals surface area contributed by atoms with Gasteiger partial charge in [0.1, 0.15) is 0 Å². The summed E-state index contributed by atoms with van der Waals surface area (Å²) < 4.78 is 0. The van der Waals surface area contributed by atoms with Crippen LogP contribution < -0.4 is 5.32 Å².